The van der Waals surface area contributed by atoms with E-state index in [1.165, 1.54) is 18.2 Å². The molecular formula is C18H36N2O4. The first kappa shape index (κ1) is 24.7. The van der Waals surface area contributed by atoms with Gasteiger partial charge in [-0.15, -0.1) is 0 Å². The SMILES string of the molecule is CC.CC(=O)[C@@H]1CCCN1C(=O)CNC(=O)OC(C)(C)C.CCC. The summed E-state index contributed by atoms with van der Waals surface area (Å²) in [6, 6.07) is -0.340. The average Bonchev–Trinajstić information content (AvgIpc) is 2.95. The highest BCUT2D eigenvalue weighted by molar-refractivity contribution is 5.89. The van der Waals surface area contributed by atoms with Gasteiger partial charge in [-0.05, 0) is 40.5 Å². The zero-order valence-corrected chi connectivity index (χ0v) is 16.7. The minimum Gasteiger partial charge on any atom is -0.444 e. The van der Waals surface area contributed by atoms with Crippen LogP contribution in [0.25, 0.3) is 0 Å². The second-order valence-corrected chi connectivity index (χ2v) is 6.42. The summed E-state index contributed by atoms with van der Waals surface area (Å²) in [4.78, 5) is 36.3. The van der Waals surface area contributed by atoms with Crippen LogP contribution in [0.1, 0.15) is 74.7 Å². The summed E-state index contributed by atoms with van der Waals surface area (Å²) in [5.41, 5.74) is -0.595. The molecule has 0 unspecified atom stereocenters. The molecule has 0 aromatic rings. The fourth-order valence-corrected chi connectivity index (χ4v) is 2.05. The van der Waals surface area contributed by atoms with Gasteiger partial charge in [0, 0.05) is 6.54 Å². The number of nitrogens with one attached hydrogen (secondary N) is 1. The van der Waals surface area contributed by atoms with E-state index in [9.17, 15) is 14.4 Å². The third kappa shape index (κ3) is 11.0. The standard InChI is InChI=1S/C13H22N2O4.C3H8.C2H6/c1-9(16)10-6-5-7-15(10)11(17)8-14-12(18)19-13(2,3)4;1-3-2;1-2/h10H,5-8H2,1-4H3,(H,14,18);3H2,1-2H3;1-2H3/t10-;;/m0../s1. The van der Waals surface area contributed by atoms with Crippen LogP contribution in [0.2, 0.25) is 0 Å². The van der Waals surface area contributed by atoms with Crippen LogP contribution in [0.4, 0.5) is 4.79 Å². The smallest absolute Gasteiger partial charge is 0.408 e. The van der Waals surface area contributed by atoms with Gasteiger partial charge >= 0.3 is 6.09 Å². The molecule has 0 saturated carbocycles. The van der Waals surface area contributed by atoms with E-state index in [-0.39, 0.29) is 24.3 Å². The number of carbonyl (C=O) groups excluding carboxylic acids is 3. The quantitative estimate of drug-likeness (QED) is 0.850. The molecule has 6 heteroatoms. The van der Waals surface area contributed by atoms with Gasteiger partial charge in [0.1, 0.15) is 12.1 Å². The molecule has 0 aromatic heterocycles. The molecule has 1 fully saturated rings. The first-order chi connectivity index (χ1) is 11.1. The summed E-state index contributed by atoms with van der Waals surface area (Å²) in [6.45, 7) is 15.4. The van der Waals surface area contributed by atoms with Crippen molar-refractivity contribution >= 4 is 17.8 Å². The number of carbonyl (C=O) groups is 3. The molecule has 1 saturated heterocycles. The highest BCUT2D eigenvalue weighted by atomic mass is 16.6. The number of rotatable bonds is 3. The fourth-order valence-electron chi connectivity index (χ4n) is 2.05. The Hall–Kier alpha value is -1.59. The number of alkyl carbamates (subject to hydrolysis) is 1. The van der Waals surface area contributed by atoms with Gasteiger partial charge in [-0.2, -0.15) is 0 Å². The molecule has 1 N–H and O–H groups in total. The number of ketones is 1. The van der Waals surface area contributed by atoms with Crippen molar-refractivity contribution in [3.8, 4) is 0 Å². The normalized spacial score (nSPS) is 16.2. The van der Waals surface area contributed by atoms with Gasteiger partial charge in [-0.25, -0.2) is 4.79 Å². The van der Waals surface area contributed by atoms with Crippen LogP contribution < -0.4 is 5.32 Å². The third-order valence-corrected chi connectivity index (χ3v) is 2.83. The predicted molar refractivity (Wildman–Crippen MR) is 97.0 cm³/mol. The average molecular weight is 344 g/mol. The van der Waals surface area contributed by atoms with Crippen LogP contribution in [0.15, 0.2) is 0 Å². The third-order valence-electron chi connectivity index (χ3n) is 2.83. The molecule has 1 heterocycles. The zero-order valence-electron chi connectivity index (χ0n) is 16.7. The highest BCUT2D eigenvalue weighted by Gasteiger charge is 2.31. The van der Waals surface area contributed by atoms with E-state index in [4.69, 9.17) is 4.74 Å². The Morgan fingerprint density at radius 1 is 1.17 bits per heavy atom. The van der Waals surface area contributed by atoms with Gasteiger partial charge in [0.2, 0.25) is 5.91 Å². The van der Waals surface area contributed by atoms with E-state index in [0.717, 1.165) is 6.42 Å². The first-order valence-electron chi connectivity index (χ1n) is 8.89. The van der Waals surface area contributed by atoms with Crippen LogP contribution in [-0.2, 0) is 14.3 Å². The van der Waals surface area contributed by atoms with Crippen LogP contribution in [0.5, 0.6) is 0 Å². The maximum atomic E-state index is 11.9. The monoisotopic (exact) mass is 344 g/mol. The molecule has 0 radical (unpaired) electrons. The van der Waals surface area contributed by atoms with Gasteiger partial charge in [0.15, 0.2) is 5.78 Å². The lowest BCUT2D eigenvalue weighted by molar-refractivity contribution is -0.136. The van der Waals surface area contributed by atoms with Gasteiger partial charge in [0.05, 0.1) is 6.04 Å². The summed E-state index contributed by atoms with van der Waals surface area (Å²) in [5, 5.41) is 2.41. The van der Waals surface area contributed by atoms with Crippen molar-refractivity contribution < 1.29 is 19.1 Å². The van der Waals surface area contributed by atoms with E-state index in [1.807, 2.05) is 13.8 Å². The zero-order chi connectivity index (χ0) is 19.3. The molecule has 2 amide bonds. The number of hydrogen-bond donors (Lipinski definition) is 1. The van der Waals surface area contributed by atoms with Crippen LogP contribution in [-0.4, -0.2) is 47.4 Å². The van der Waals surface area contributed by atoms with Gasteiger partial charge in [-0.1, -0.05) is 34.1 Å². The number of nitrogens with zero attached hydrogens (tertiary/aromatic N) is 1. The van der Waals surface area contributed by atoms with Crippen molar-refractivity contribution in [3.63, 3.8) is 0 Å². The van der Waals surface area contributed by atoms with Crippen molar-refractivity contribution in [3.05, 3.63) is 0 Å². The van der Waals surface area contributed by atoms with Crippen LogP contribution in [0, 0.1) is 0 Å². The maximum absolute atomic E-state index is 11.9. The Morgan fingerprint density at radius 3 is 2.08 bits per heavy atom. The minimum atomic E-state index is -0.626. The number of Topliss-reactive ketones (excluding diaryl/α,β-unsaturated/α-hetero) is 1. The molecule has 0 spiro atoms. The molecule has 0 bridgehead atoms. The summed E-state index contributed by atoms with van der Waals surface area (Å²) in [6.07, 6.45) is 2.15. The lowest BCUT2D eigenvalue weighted by Crippen LogP contribution is -2.45. The molecule has 0 aromatic carbocycles. The van der Waals surface area contributed by atoms with E-state index in [1.54, 1.807) is 20.8 Å². The molecule has 6 nitrogen and oxygen atoms in total. The number of ether oxygens (including phenoxy) is 1. The Labute approximate surface area is 147 Å². The summed E-state index contributed by atoms with van der Waals surface area (Å²) in [7, 11) is 0. The lowest BCUT2D eigenvalue weighted by Gasteiger charge is -2.23. The van der Waals surface area contributed by atoms with Crippen molar-refractivity contribution in [1.29, 1.82) is 0 Å². The lowest BCUT2D eigenvalue weighted by atomic mass is 10.1. The maximum Gasteiger partial charge on any atom is 0.408 e. The molecular weight excluding hydrogens is 308 g/mol. The second-order valence-electron chi connectivity index (χ2n) is 6.42. The molecule has 1 aliphatic heterocycles. The van der Waals surface area contributed by atoms with Crippen molar-refractivity contribution in [1.82, 2.24) is 10.2 Å². The molecule has 1 aliphatic rings. The molecule has 142 valence electrons. The largest absolute Gasteiger partial charge is 0.444 e. The van der Waals surface area contributed by atoms with E-state index < -0.39 is 11.7 Å². The highest BCUT2D eigenvalue weighted by Crippen LogP contribution is 2.17. The Bertz CT molecular complexity index is 389. The topological polar surface area (TPSA) is 75.7 Å². The Morgan fingerprint density at radius 2 is 1.67 bits per heavy atom. The molecule has 1 atom stereocenters. The van der Waals surface area contributed by atoms with Gasteiger partial charge in [0.25, 0.3) is 0 Å². The number of hydrogen-bond acceptors (Lipinski definition) is 4. The fraction of sp³-hybridized carbons (Fsp3) is 0.833. The Kier molecular flexibility index (Phi) is 13.1. The summed E-state index contributed by atoms with van der Waals surface area (Å²) >= 11 is 0. The van der Waals surface area contributed by atoms with Crippen LogP contribution >= 0.6 is 0 Å². The second kappa shape index (κ2) is 12.8. The van der Waals surface area contributed by atoms with E-state index in [2.05, 4.69) is 19.2 Å². The van der Waals surface area contributed by atoms with E-state index in [0.29, 0.717) is 13.0 Å². The Balaban J connectivity index is 0. The van der Waals surface area contributed by atoms with Crippen molar-refractivity contribution in [2.24, 2.45) is 0 Å². The van der Waals surface area contributed by atoms with Crippen LogP contribution in [0.3, 0.4) is 0 Å². The first-order valence-corrected chi connectivity index (χ1v) is 8.89. The van der Waals surface area contributed by atoms with Gasteiger partial charge in [-0.3, -0.25) is 9.59 Å². The molecule has 24 heavy (non-hydrogen) atoms. The number of likely N-dealkylation sites (tertiary alicyclic amines) is 1. The summed E-state index contributed by atoms with van der Waals surface area (Å²) in [5.74, 6) is -0.258. The van der Waals surface area contributed by atoms with Gasteiger partial charge < -0.3 is 15.0 Å². The molecule has 0 aliphatic carbocycles. The minimum absolute atomic E-state index is 0.0110. The van der Waals surface area contributed by atoms with Crippen molar-refractivity contribution in [2.75, 3.05) is 13.1 Å². The predicted octanol–water partition coefficient (Wildman–Crippen LogP) is 3.53. The van der Waals surface area contributed by atoms with Crippen molar-refractivity contribution in [2.45, 2.75) is 86.3 Å². The van der Waals surface area contributed by atoms with E-state index >= 15 is 0 Å². The molecule has 1 rings (SSSR count). The summed E-state index contributed by atoms with van der Waals surface area (Å²) < 4.78 is 5.04. The number of amides is 2.